The predicted molar refractivity (Wildman–Crippen MR) is 94.1 cm³/mol. The van der Waals surface area contributed by atoms with E-state index in [4.69, 9.17) is 9.47 Å². The fourth-order valence-corrected chi connectivity index (χ4v) is 2.60. The summed E-state index contributed by atoms with van der Waals surface area (Å²) < 4.78 is 12.5. The first kappa shape index (κ1) is 19.0. The van der Waals surface area contributed by atoms with Gasteiger partial charge in [-0.05, 0) is 53.4 Å². The van der Waals surface area contributed by atoms with Crippen molar-refractivity contribution in [1.29, 1.82) is 0 Å². The summed E-state index contributed by atoms with van der Waals surface area (Å²) in [6.45, 7) is 11.8. The third-order valence-corrected chi connectivity index (χ3v) is 5.35. The van der Waals surface area contributed by atoms with Crippen molar-refractivity contribution in [3.05, 3.63) is 0 Å². The molecule has 124 valence electrons. The molecule has 1 aliphatic carbocycles. The number of hydrogen-bond donors (Lipinski definition) is 0. The summed E-state index contributed by atoms with van der Waals surface area (Å²) in [5, 5.41) is 0. The fourth-order valence-electron chi connectivity index (χ4n) is 2.14. The van der Waals surface area contributed by atoms with Gasteiger partial charge in [-0.2, -0.15) is 0 Å². The Morgan fingerprint density at radius 3 is 2.29 bits per heavy atom. The van der Waals surface area contributed by atoms with E-state index < -0.39 is 5.60 Å². The second-order valence-corrected chi connectivity index (χ2v) is 7.95. The van der Waals surface area contributed by atoms with Crippen LogP contribution in [-0.4, -0.2) is 46.3 Å². The number of likely N-dealkylation sites (N-methyl/N-ethyl adjacent to an activating group) is 1. The lowest BCUT2D eigenvalue weighted by Crippen LogP contribution is -2.48. The summed E-state index contributed by atoms with van der Waals surface area (Å²) in [6, 6.07) is 0. The second kappa shape index (κ2) is 7.99. The summed E-state index contributed by atoms with van der Waals surface area (Å²) in [5.41, 5.74) is -0.763. The van der Waals surface area contributed by atoms with E-state index in [-0.39, 0.29) is 11.7 Å². The van der Waals surface area contributed by atoms with E-state index in [0.717, 1.165) is 11.0 Å². The Kier molecular flexibility index (Phi) is 7.24. The van der Waals surface area contributed by atoms with E-state index >= 15 is 0 Å². The molecule has 21 heavy (non-hydrogen) atoms. The topological polar surface area (TPSA) is 38.8 Å². The van der Waals surface area contributed by atoms with Gasteiger partial charge in [0.1, 0.15) is 5.60 Å². The van der Waals surface area contributed by atoms with Crippen LogP contribution in [0.15, 0.2) is 0 Å². The summed E-state index contributed by atoms with van der Waals surface area (Å²) in [5.74, 6) is 0.712. The molecule has 0 saturated heterocycles. The molecule has 0 spiro atoms. The zero-order chi connectivity index (χ0) is 16.1. The number of hydrogen-bond acceptors (Lipinski definition) is 3. The first-order valence-electron chi connectivity index (χ1n) is 7.87. The lowest BCUT2D eigenvalue weighted by atomic mass is 9.86. The van der Waals surface area contributed by atoms with Gasteiger partial charge in [-0.15, -0.1) is 0 Å². The van der Waals surface area contributed by atoms with E-state index in [1.165, 1.54) is 19.3 Å². The molecule has 4 nitrogen and oxygen atoms in total. The van der Waals surface area contributed by atoms with Crippen LogP contribution in [0.1, 0.15) is 53.9 Å². The van der Waals surface area contributed by atoms with Gasteiger partial charge in [-0.25, -0.2) is 4.79 Å². The Bertz CT molecular complexity index is 339. The van der Waals surface area contributed by atoms with Crippen LogP contribution in [0.5, 0.6) is 0 Å². The SMILES string of the molecule is CCN(CC(C)(CI)OCC1CCC1)C(=O)OC(C)(C)C. The van der Waals surface area contributed by atoms with Gasteiger partial charge >= 0.3 is 6.09 Å². The summed E-state index contributed by atoms with van der Waals surface area (Å²) in [4.78, 5) is 14.0. The third kappa shape index (κ3) is 6.72. The first-order valence-corrected chi connectivity index (χ1v) is 9.39. The van der Waals surface area contributed by atoms with Crippen molar-refractivity contribution >= 4 is 28.7 Å². The lowest BCUT2D eigenvalue weighted by Gasteiger charge is -2.37. The number of carbonyl (C=O) groups excluding carboxylic acids is 1. The smallest absolute Gasteiger partial charge is 0.410 e. The molecule has 0 heterocycles. The van der Waals surface area contributed by atoms with Gasteiger partial charge in [0.05, 0.1) is 18.8 Å². The van der Waals surface area contributed by atoms with Gasteiger partial charge in [-0.3, -0.25) is 0 Å². The number of amides is 1. The highest BCUT2D eigenvalue weighted by molar-refractivity contribution is 14.1. The average Bonchev–Trinajstić information content (AvgIpc) is 2.32. The van der Waals surface area contributed by atoms with Crippen molar-refractivity contribution in [3.63, 3.8) is 0 Å². The van der Waals surface area contributed by atoms with Crippen LogP contribution in [-0.2, 0) is 9.47 Å². The molecule has 1 saturated carbocycles. The van der Waals surface area contributed by atoms with Crippen LogP contribution in [0.4, 0.5) is 4.79 Å². The van der Waals surface area contributed by atoms with Crippen LogP contribution < -0.4 is 0 Å². The lowest BCUT2D eigenvalue weighted by molar-refractivity contribution is -0.0622. The minimum absolute atomic E-state index is 0.256. The van der Waals surface area contributed by atoms with Gasteiger partial charge < -0.3 is 14.4 Å². The minimum atomic E-state index is -0.460. The van der Waals surface area contributed by atoms with Crippen molar-refractivity contribution in [1.82, 2.24) is 4.90 Å². The highest BCUT2D eigenvalue weighted by Crippen LogP contribution is 2.29. The molecular formula is C16H30INO3. The molecule has 0 bridgehead atoms. The number of halogens is 1. The third-order valence-electron chi connectivity index (χ3n) is 3.73. The number of carbonyl (C=O) groups is 1. The molecule has 5 heteroatoms. The van der Waals surface area contributed by atoms with Crippen molar-refractivity contribution < 1.29 is 14.3 Å². The molecule has 0 aromatic heterocycles. The summed E-state index contributed by atoms with van der Waals surface area (Å²) in [7, 11) is 0. The molecule has 0 aromatic carbocycles. The van der Waals surface area contributed by atoms with Gasteiger partial charge in [0.2, 0.25) is 0 Å². The van der Waals surface area contributed by atoms with E-state index in [9.17, 15) is 4.79 Å². The molecule has 1 amide bonds. The van der Waals surface area contributed by atoms with Crippen LogP contribution in [0, 0.1) is 5.92 Å². The normalized spacial score (nSPS) is 18.8. The fraction of sp³-hybridized carbons (Fsp3) is 0.938. The average molecular weight is 411 g/mol. The molecule has 1 fully saturated rings. The van der Waals surface area contributed by atoms with Gasteiger partial charge in [0.15, 0.2) is 0 Å². The molecule has 1 aliphatic rings. The maximum Gasteiger partial charge on any atom is 0.410 e. The quantitative estimate of drug-likeness (QED) is 0.464. The molecule has 0 N–H and O–H groups in total. The zero-order valence-electron chi connectivity index (χ0n) is 14.1. The summed E-state index contributed by atoms with van der Waals surface area (Å²) in [6.07, 6.45) is 3.63. The standard InChI is InChI=1S/C16H30INO3/c1-6-18(14(19)21-15(2,3)4)12-16(5,11-17)20-10-13-8-7-9-13/h13H,6-12H2,1-5H3. The number of nitrogens with zero attached hydrogens (tertiary/aromatic N) is 1. The number of rotatable bonds is 7. The zero-order valence-corrected chi connectivity index (χ0v) is 16.2. The number of alkyl halides is 1. The van der Waals surface area contributed by atoms with Crippen molar-refractivity contribution in [3.8, 4) is 0 Å². The molecule has 1 rings (SSSR count). The monoisotopic (exact) mass is 411 g/mol. The van der Waals surface area contributed by atoms with Gasteiger partial charge in [0, 0.05) is 11.0 Å². The van der Waals surface area contributed by atoms with Crippen molar-refractivity contribution in [2.75, 3.05) is 24.1 Å². The Hall–Kier alpha value is -0.0400. The second-order valence-electron chi connectivity index (χ2n) is 7.19. The van der Waals surface area contributed by atoms with E-state index in [2.05, 4.69) is 29.5 Å². The maximum atomic E-state index is 12.2. The van der Waals surface area contributed by atoms with Crippen LogP contribution >= 0.6 is 22.6 Å². The Morgan fingerprint density at radius 2 is 1.90 bits per heavy atom. The van der Waals surface area contributed by atoms with Crippen LogP contribution in [0.3, 0.4) is 0 Å². The predicted octanol–water partition coefficient (Wildman–Crippen LogP) is 4.25. The Labute approximate surface area is 143 Å². The summed E-state index contributed by atoms with van der Waals surface area (Å²) >= 11 is 2.34. The molecule has 0 radical (unpaired) electrons. The Morgan fingerprint density at radius 1 is 1.29 bits per heavy atom. The minimum Gasteiger partial charge on any atom is -0.444 e. The highest BCUT2D eigenvalue weighted by atomic mass is 127. The maximum absolute atomic E-state index is 12.2. The van der Waals surface area contributed by atoms with E-state index in [1.54, 1.807) is 4.90 Å². The van der Waals surface area contributed by atoms with E-state index in [0.29, 0.717) is 19.0 Å². The van der Waals surface area contributed by atoms with Gasteiger partial charge in [0.25, 0.3) is 0 Å². The number of ether oxygens (including phenoxy) is 2. The molecule has 0 aliphatic heterocycles. The first-order chi connectivity index (χ1) is 9.69. The molecule has 1 unspecified atom stereocenters. The Balaban J connectivity index is 2.55. The molecular weight excluding hydrogens is 381 g/mol. The van der Waals surface area contributed by atoms with E-state index in [1.807, 2.05) is 27.7 Å². The van der Waals surface area contributed by atoms with Crippen LogP contribution in [0.25, 0.3) is 0 Å². The highest BCUT2D eigenvalue weighted by Gasteiger charge is 2.32. The van der Waals surface area contributed by atoms with Crippen LogP contribution in [0.2, 0.25) is 0 Å². The van der Waals surface area contributed by atoms with Gasteiger partial charge in [-0.1, -0.05) is 29.0 Å². The molecule has 0 aromatic rings. The van der Waals surface area contributed by atoms with Crippen molar-refractivity contribution in [2.45, 2.75) is 65.1 Å². The largest absolute Gasteiger partial charge is 0.444 e. The molecule has 1 atom stereocenters. The van der Waals surface area contributed by atoms with Crippen molar-refractivity contribution in [2.24, 2.45) is 5.92 Å².